The van der Waals surface area contributed by atoms with E-state index < -0.39 is 0 Å². The summed E-state index contributed by atoms with van der Waals surface area (Å²) in [6.07, 6.45) is 8.63. The average molecular weight is 358 g/mol. The second kappa shape index (κ2) is 9.52. The number of nitrogens with zero attached hydrogens (tertiary/aromatic N) is 4. The molecule has 1 fully saturated rings. The van der Waals surface area contributed by atoms with Crippen molar-refractivity contribution >= 4 is 11.6 Å². The normalized spacial score (nSPS) is 16.9. The van der Waals surface area contributed by atoms with Crippen molar-refractivity contribution in [3.8, 4) is 0 Å². The first-order valence-corrected chi connectivity index (χ1v) is 9.66. The molecule has 1 aliphatic carbocycles. The van der Waals surface area contributed by atoms with E-state index in [0.717, 1.165) is 37.0 Å². The molecule has 0 radical (unpaired) electrons. The first kappa shape index (κ1) is 18.6. The summed E-state index contributed by atoms with van der Waals surface area (Å²) in [4.78, 5) is 4.30. The molecule has 0 amide bonds. The molecular formula is C19H30N6O. The Labute approximate surface area is 155 Å². The van der Waals surface area contributed by atoms with Gasteiger partial charge in [0.2, 0.25) is 0 Å². The Morgan fingerprint density at radius 1 is 1.31 bits per heavy atom. The van der Waals surface area contributed by atoms with Gasteiger partial charge in [-0.1, -0.05) is 18.9 Å². The van der Waals surface area contributed by atoms with Crippen molar-refractivity contribution in [3.63, 3.8) is 0 Å². The number of hydrogen-bond donors (Lipinski definition) is 2. The Bertz CT molecular complexity index is 707. The number of rotatable bonds is 8. The van der Waals surface area contributed by atoms with Crippen molar-refractivity contribution in [2.75, 3.05) is 20.2 Å². The maximum atomic E-state index is 5.99. The zero-order chi connectivity index (χ0) is 18.2. The second-order valence-electron chi connectivity index (χ2n) is 6.72. The van der Waals surface area contributed by atoms with E-state index in [9.17, 15) is 0 Å². The molecule has 2 aromatic rings. The summed E-state index contributed by atoms with van der Waals surface area (Å²) in [6, 6.07) is 5.88. The van der Waals surface area contributed by atoms with Gasteiger partial charge in [0.25, 0.3) is 0 Å². The molecule has 0 bridgehead atoms. The maximum absolute atomic E-state index is 5.99. The van der Waals surface area contributed by atoms with Crippen LogP contribution in [0, 0.1) is 5.92 Å². The molecule has 2 aromatic heterocycles. The van der Waals surface area contributed by atoms with E-state index in [1.54, 1.807) is 7.05 Å². The van der Waals surface area contributed by atoms with Crippen LogP contribution in [0.1, 0.15) is 44.9 Å². The molecule has 142 valence electrons. The van der Waals surface area contributed by atoms with Gasteiger partial charge in [-0.3, -0.25) is 9.39 Å². The van der Waals surface area contributed by atoms with Crippen LogP contribution in [0.4, 0.5) is 0 Å². The van der Waals surface area contributed by atoms with Crippen LogP contribution in [0.25, 0.3) is 5.65 Å². The summed E-state index contributed by atoms with van der Waals surface area (Å²) < 4.78 is 7.96. The van der Waals surface area contributed by atoms with E-state index >= 15 is 0 Å². The van der Waals surface area contributed by atoms with Crippen molar-refractivity contribution in [1.29, 1.82) is 0 Å². The molecule has 0 saturated heterocycles. The van der Waals surface area contributed by atoms with E-state index in [0.29, 0.717) is 18.6 Å². The zero-order valence-electron chi connectivity index (χ0n) is 15.8. The number of ether oxygens (including phenoxy) is 1. The van der Waals surface area contributed by atoms with Gasteiger partial charge in [0.15, 0.2) is 17.4 Å². The SMILES string of the molecule is CCOC(CCNC(=NC)NCc1nnc2ccccn12)C1CCCC1. The monoisotopic (exact) mass is 358 g/mol. The van der Waals surface area contributed by atoms with Gasteiger partial charge in [-0.2, -0.15) is 0 Å². The first-order chi connectivity index (χ1) is 12.8. The minimum absolute atomic E-state index is 0.355. The second-order valence-corrected chi connectivity index (χ2v) is 6.72. The van der Waals surface area contributed by atoms with Gasteiger partial charge in [0.1, 0.15) is 0 Å². The Balaban J connectivity index is 1.47. The quantitative estimate of drug-likeness (QED) is 0.560. The number of aliphatic imine (C=N–C) groups is 1. The van der Waals surface area contributed by atoms with E-state index in [4.69, 9.17) is 4.74 Å². The number of hydrogen-bond acceptors (Lipinski definition) is 4. The van der Waals surface area contributed by atoms with Crippen LogP contribution in [-0.4, -0.2) is 46.9 Å². The fraction of sp³-hybridized carbons (Fsp3) is 0.632. The van der Waals surface area contributed by atoms with Gasteiger partial charge in [-0.05, 0) is 44.2 Å². The third-order valence-electron chi connectivity index (χ3n) is 5.05. The lowest BCUT2D eigenvalue weighted by Crippen LogP contribution is -2.39. The minimum Gasteiger partial charge on any atom is -0.378 e. The van der Waals surface area contributed by atoms with E-state index in [-0.39, 0.29) is 0 Å². The fourth-order valence-corrected chi connectivity index (χ4v) is 3.73. The van der Waals surface area contributed by atoms with Crippen LogP contribution in [0.3, 0.4) is 0 Å². The molecule has 1 aliphatic rings. The summed E-state index contributed by atoms with van der Waals surface area (Å²) in [7, 11) is 1.79. The smallest absolute Gasteiger partial charge is 0.191 e. The molecule has 2 heterocycles. The number of pyridine rings is 1. The summed E-state index contributed by atoms with van der Waals surface area (Å²) in [5.41, 5.74) is 0.850. The Morgan fingerprint density at radius 3 is 2.92 bits per heavy atom. The van der Waals surface area contributed by atoms with E-state index in [2.05, 4.69) is 32.7 Å². The molecule has 0 aliphatic heterocycles. The third-order valence-corrected chi connectivity index (χ3v) is 5.05. The summed E-state index contributed by atoms with van der Waals surface area (Å²) in [6.45, 7) is 4.29. The minimum atomic E-state index is 0.355. The summed E-state index contributed by atoms with van der Waals surface area (Å²) >= 11 is 0. The lowest BCUT2D eigenvalue weighted by molar-refractivity contribution is 0.0169. The van der Waals surface area contributed by atoms with Crippen molar-refractivity contribution in [2.24, 2.45) is 10.9 Å². The molecule has 3 rings (SSSR count). The molecule has 7 heteroatoms. The number of nitrogens with one attached hydrogen (secondary N) is 2. The predicted molar refractivity (Wildman–Crippen MR) is 103 cm³/mol. The van der Waals surface area contributed by atoms with Crippen molar-refractivity contribution in [1.82, 2.24) is 25.2 Å². The highest BCUT2D eigenvalue weighted by atomic mass is 16.5. The lowest BCUT2D eigenvalue weighted by Gasteiger charge is -2.24. The van der Waals surface area contributed by atoms with Crippen LogP contribution in [0.5, 0.6) is 0 Å². The largest absolute Gasteiger partial charge is 0.378 e. The van der Waals surface area contributed by atoms with Gasteiger partial charge in [0, 0.05) is 26.4 Å². The van der Waals surface area contributed by atoms with Crippen molar-refractivity contribution in [2.45, 2.75) is 51.7 Å². The van der Waals surface area contributed by atoms with Gasteiger partial charge in [-0.25, -0.2) is 0 Å². The van der Waals surface area contributed by atoms with Crippen LogP contribution in [0.15, 0.2) is 29.4 Å². The van der Waals surface area contributed by atoms with Crippen molar-refractivity contribution < 1.29 is 4.74 Å². The van der Waals surface area contributed by atoms with E-state index in [1.807, 2.05) is 28.8 Å². The Kier molecular flexibility index (Phi) is 6.82. The third kappa shape index (κ3) is 4.72. The highest BCUT2D eigenvalue weighted by molar-refractivity contribution is 5.79. The Hall–Kier alpha value is -2.15. The van der Waals surface area contributed by atoms with Crippen LogP contribution >= 0.6 is 0 Å². The summed E-state index contributed by atoms with van der Waals surface area (Å²) in [5.74, 6) is 2.36. The molecule has 0 spiro atoms. The predicted octanol–water partition coefficient (Wildman–Crippen LogP) is 2.38. The van der Waals surface area contributed by atoms with Crippen LogP contribution in [-0.2, 0) is 11.3 Å². The average Bonchev–Trinajstić information content (AvgIpc) is 3.34. The van der Waals surface area contributed by atoms with Crippen molar-refractivity contribution in [3.05, 3.63) is 30.2 Å². The number of guanidine groups is 1. The van der Waals surface area contributed by atoms with Crippen LogP contribution in [0.2, 0.25) is 0 Å². The van der Waals surface area contributed by atoms with Gasteiger partial charge in [-0.15, -0.1) is 10.2 Å². The van der Waals surface area contributed by atoms with Gasteiger partial charge >= 0.3 is 0 Å². The molecule has 1 unspecified atom stereocenters. The van der Waals surface area contributed by atoms with E-state index in [1.165, 1.54) is 25.7 Å². The molecule has 2 N–H and O–H groups in total. The number of aromatic nitrogens is 3. The lowest BCUT2D eigenvalue weighted by atomic mass is 9.98. The van der Waals surface area contributed by atoms with Gasteiger partial charge < -0.3 is 15.4 Å². The zero-order valence-corrected chi connectivity index (χ0v) is 15.8. The first-order valence-electron chi connectivity index (χ1n) is 9.66. The standard InChI is InChI=1S/C19H30N6O/c1-3-26-16(15-8-4-5-9-15)11-12-21-19(20-2)22-14-18-24-23-17-10-6-7-13-25(17)18/h6-7,10,13,15-16H,3-5,8-9,11-12,14H2,1-2H3,(H2,20,21,22). The fourth-order valence-electron chi connectivity index (χ4n) is 3.73. The topological polar surface area (TPSA) is 75.8 Å². The molecule has 7 nitrogen and oxygen atoms in total. The highest BCUT2D eigenvalue weighted by Crippen LogP contribution is 2.30. The van der Waals surface area contributed by atoms with Crippen LogP contribution < -0.4 is 10.6 Å². The molecule has 26 heavy (non-hydrogen) atoms. The molecule has 0 aromatic carbocycles. The maximum Gasteiger partial charge on any atom is 0.191 e. The summed E-state index contributed by atoms with van der Waals surface area (Å²) in [5, 5.41) is 15.1. The number of fused-ring (bicyclic) bond motifs is 1. The molecular weight excluding hydrogens is 328 g/mol. The molecule has 1 atom stereocenters. The Morgan fingerprint density at radius 2 is 2.15 bits per heavy atom. The highest BCUT2D eigenvalue weighted by Gasteiger charge is 2.25. The van der Waals surface area contributed by atoms with Gasteiger partial charge in [0.05, 0.1) is 12.6 Å². The molecule has 1 saturated carbocycles.